The van der Waals surface area contributed by atoms with Gasteiger partial charge in [0.1, 0.15) is 5.82 Å². The highest BCUT2D eigenvalue weighted by Crippen LogP contribution is 2.19. The Kier molecular flexibility index (Phi) is 3.05. The molecule has 2 N–H and O–H groups in total. The SMILES string of the molecule is O=C(O)c1ccc(F)c(NC2CCOC2)c1. The van der Waals surface area contributed by atoms with E-state index in [-0.39, 0.29) is 17.3 Å². The van der Waals surface area contributed by atoms with Gasteiger partial charge >= 0.3 is 5.97 Å². The summed E-state index contributed by atoms with van der Waals surface area (Å²) in [7, 11) is 0. The van der Waals surface area contributed by atoms with Crippen LogP contribution in [0.5, 0.6) is 0 Å². The van der Waals surface area contributed by atoms with Crippen molar-refractivity contribution in [3.8, 4) is 0 Å². The second-order valence-electron chi connectivity index (χ2n) is 3.70. The Hall–Kier alpha value is -1.62. The minimum absolute atomic E-state index is 0.0542. The molecular weight excluding hydrogens is 213 g/mol. The number of rotatable bonds is 3. The zero-order valence-corrected chi connectivity index (χ0v) is 8.57. The molecule has 1 saturated heterocycles. The van der Waals surface area contributed by atoms with Gasteiger partial charge in [-0.15, -0.1) is 0 Å². The molecule has 0 amide bonds. The van der Waals surface area contributed by atoms with Crippen LogP contribution in [0.2, 0.25) is 0 Å². The number of benzene rings is 1. The van der Waals surface area contributed by atoms with Gasteiger partial charge in [0, 0.05) is 6.61 Å². The number of hydrogen-bond acceptors (Lipinski definition) is 3. The molecule has 1 heterocycles. The summed E-state index contributed by atoms with van der Waals surface area (Å²) in [5.74, 6) is -1.51. The zero-order chi connectivity index (χ0) is 11.5. The quantitative estimate of drug-likeness (QED) is 0.822. The van der Waals surface area contributed by atoms with Crippen molar-refractivity contribution in [3.63, 3.8) is 0 Å². The molecule has 1 aromatic carbocycles. The average molecular weight is 225 g/mol. The second-order valence-corrected chi connectivity index (χ2v) is 3.70. The minimum atomic E-state index is -1.06. The molecule has 1 aromatic rings. The monoisotopic (exact) mass is 225 g/mol. The standard InChI is InChI=1S/C11H12FNO3/c12-9-2-1-7(11(14)15)5-10(9)13-8-3-4-16-6-8/h1-2,5,8,13H,3-4,6H2,(H,14,15). The van der Waals surface area contributed by atoms with Crippen LogP contribution < -0.4 is 5.32 Å². The number of hydrogen-bond donors (Lipinski definition) is 2. The fourth-order valence-electron chi connectivity index (χ4n) is 1.64. The van der Waals surface area contributed by atoms with Crippen LogP contribution in [0.4, 0.5) is 10.1 Å². The van der Waals surface area contributed by atoms with Crippen molar-refractivity contribution in [2.24, 2.45) is 0 Å². The molecule has 1 unspecified atom stereocenters. The van der Waals surface area contributed by atoms with Gasteiger partial charge in [0.15, 0.2) is 0 Å². The first-order valence-electron chi connectivity index (χ1n) is 5.04. The smallest absolute Gasteiger partial charge is 0.335 e. The Balaban J connectivity index is 2.17. The van der Waals surface area contributed by atoms with Crippen molar-refractivity contribution in [1.29, 1.82) is 0 Å². The number of halogens is 1. The van der Waals surface area contributed by atoms with E-state index in [9.17, 15) is 9.18 Å². The summed E-state index contributed by atoms with van der Waals surface area (Å²) >= 11 is 0. The predicted octanol–water partition coefficient (Wildman–Crippen LogP) is 1.72. The Bertz CT molecular complexity index is 402. The van der Waals surface area contributed by atoms with Gasteiger partial charge in [0.25, 0.3) is 0 Å². The Labute approximate surface area is 92.0 Å². The first-order chi connectivity index (χ1) is 7.66. The van der Waals surface area contributed by atoms with Crippen molar-refractivity contribution in [3.05, 3.63) is 29.6 Å². The van der Waals surface area contributed by atoms with Crippen molar-refractivity contribution in [1.82, 2.24) is 0 Å². The van der Waals surface area contributed by atoms with Crippen LogP contribution in [0.25, 0.3) is 0 Å². The fourth-order valence-corrected chi connectivity index (χ4v) is 1.64. The van der Waals surface area contributed by atoms with E-state index in [1.54, 1.807) is 0 Å². The number of nitrogens with one attached hydrogen (secondary N) is 1. The van der Waals surface area contributed by atoms with E-state index in [1.165, 1.54) is 12.1 Å². The van der Waals surface area contributed by atoms with E-state index in [2.05, 4.69) is 5.32 Å². The summed E-state index contributed by atoms with van der Waals surface area (Å²) in [6, 6.07) is 3.75. The summed E-state index contributed by atoms with van der Waals surface area (Å²) in [4.78, 5) is 10.7. The van der Waals surface area contributed by atoms with E-state index in [4.69, 9.17) is 9.84 Å². The molecule has 5 heteroatoms. The van der Waals surface area contributed by atoms with Gasteiger partial charge in [0.2, 0.25) is 0 Å². The molecule has 0 spiro atoms. The topological polar surface area (TPSA) is 58.6 Å². The largest absolute Gasteiger partial charge is 0.478 e. The first kappa shape index (κ1) is 10.9. The molecule has 1 atom stereocenters. The average Bonchev–Trinajstić information content (AvgIpc) is 2.73. The molecule has 1 aliphatic heterocycles. The third kappa shape index (κ3) is 2.30. The van der Waals surface area contributed by atoms with E-state index in [0.717, 1.165) is 12.5 Å². The lowest BCUT2D eigenvalue weighted by Gasteiger charge is -2.13. The molecule has 0 aliphatic carbocycles. The Morgan fingerprint density at radius 3 is 3.00 bits per heavy atom. The summed E-state index contributed by atoms with van der Waals surface area (Å²) < 4.78 is 18.5. The number of aromatic carboxylic acids is 1. The fraction of sp³-hybridized carbons (Fsp3) is 0.364. The first-order valence-corrected chi connectivity index (χ1v) is 5.04. The molecule has 2 rings (SSSR count). The van der Waals surface area contributed by atoms with Gasteiger partial charge in [-0.25, -0.2) is 9.18 Å². The third-order valence-corrected chi connectivity index (χ3v) is 2.50. The second kappa shape index (κ2) is 4.49. The lowest BCUT2D eigenvalue weighted by atomic mass is 10.1. The molecule has 1 fully saturated rings. The summed E-state index contributed by atoms with van der Waals surface area (Å²) in [5.41, 5.74) is 0.290. The number of carbonyl (C=O) groups is 1. The highest BCUT2D eigenvalue weighted by atomic mass is 19.1. The molecule has 4 nitrogen and oxygen atoms in total. The molecule has 0 saturated carbocycles. The van der Waals surface area contributed by atoms with E-state index < -0.39 is 11.8 Å². The van der Waals surface area contributed by atoms with E-state index in [1.807, 2.05) is 0 Å². The maximum absolute atomic E-state index is 13.4. The van der Waals surface area contributed by atoms with E-state index in [0.29, 0.717) is 13.2 Å². The van der Waals surface area contributed by atoms with Gasteiger partial charge in [-0.2, -0.15) is 0 Å². The van der Waals surface area contributed by atoms with Crippen LogP contribution in [-0.2, 0) is 4.74 Å². The Morgan fingerprint density at radius 2 is 2.38 bits per heavy atom. The molecule has 1 aliphatic rings. The highest BCUT2D eigenvalue weighted by molar-refractivity contribution is 5.88. The van der Waals surface area contributed by atoms with Gasteiger partial charge in [-0.3, -0.25) is 0 Å². The van der Waals surface area contributed by atoms with Gasteiger partial charge in [-0.05, 0) is 24.6 Å². The zero-order valence-electron chi connectivity index (χ0n) is 8.57. The molecule has 86 valence electrons. The lowest BCUT2D eigenvalue weighted by Crippen LogP contribution is -2.20. The molecular formula is C11H12FNO3. The number of carboxylic acid groups (broad SMARTS) is 1. The summed E-state index contributed by atoms with van der Waals surface area (Å²) in [6.45, 7) is 1.18. The maximum Gasteiger partial charge on any atom is 0.335 e. The van der Waals surface area contributed by atoms with Gasteiger partial charge in [-0.1, -0.05) is 0 Å². The van der Waals surface area contributed by atoms with Gasteiger partial charge in [0.05, 0.1) is 23.9 Å². The molecule has 0 aromatic heterocycles. The molecule has 0 radical (unpaired) electrons. The number of ether oxygens (including phenoxy) is 1. The van der Waals surface area contributed by atoms with Crippen LogP contribution in [0.15, 0.2) is 18.2 Å². The Morgan fingerprint density at radius 1 is 1.56 bits per heavy atom. The maximum atomic E-state index is 13.4. The van der Waals surface area contributed by atoms with Crippen LogP contribution in [0.3, 0.4) is 0 Å². The summed E-state index contributed by atoms with van der Waals surface area (Å²) in [5, 5.41) is 11.7. The van der Waals surface area contributed by atoms with Crippen LogP contribution >= 0.6 is 0 Å². The van der Waals surface area contributed by atoms with Crippen LogP contribution in [0.1, 0.15) is 16.8 Å². The normalized spacial score (nSPS) is 19.7. The summed E-state index contributed by atoms with van der Waals surface area (Å²) in [6.07, 6.45) is 0.802. The van der Waals surface area contributed by atoms with Crippen molar-refractivity contribution in [2.75, 3.05) is 18.5 Å². The third-order valence-electron chi connectivity index (χ3n) is 2.50. The predicted molar refractivity (Wildman–Crippen MR) is 56.2 cm³/mol. The van der Waals surface area contributed by atoms with Crippen molar-refractivity contribution >= 4 is 11.7 Å². The lowest BCUT2D eigenvalue weighted by molar-refractivity contribution is 0.0697. The molecule has 16 heavy (non-hydrogen) atoms. The minimum Gasteiger partial charge on any atom is -0.478 e. The number of anilines is 1. The molecule has 0 bridgehead atoms. The van der Waals surface area contributed by atoms with Gasteiger partial charge < -0.3 is 15.2 Å². The highest BCUT2D eigenvalue weighted by Gasteiger charge is 2.17. The van der Waals surface area contributed by atoms with Crippen LogP contribution in [-0.4, -0.2) is 30.3 Å². The van der Waals surface area contributed by atoms with E-state index >= 15 is 0 Å². The van der Waals surface area contributed by atoms with Crippen molar-refractivity contribution < 1.29 is 19.0 Å². The number of carboxylic acids is 1. The van der Waals surface area contributed by atoms with Crippen LogP contribution in [0, 0.1) is 5.82 Å². The van der Waals surface area contributed by atoms with Crippen molar-refractivity contribution in [2.45, 2.75) is 12.5 Å².